The zero-order valence-electron chi connectivity index (χ0n) is 10.9. The number of carbonyl (C=O) groups is 1. The minimum Gasteiger partial charge on any atom is -0.477 e. The summed E-state index contributed by atoms with van der Waals surface area (Å²) in [6.45, 7) is 0. The average molecular weight is 430 g/mol. The zero-order chi connectivity index (χ0) is 21.8. The van der Waals surface area contributed by atoms with Gasteiger partial charge in [0.2, 0.25) is 0 Å². The van der Waals surface area contributed by atoms with Gasteiger partial charge in [0.25, 0.3) is 0 Å². The van der Waals surface area contributed by atoms with Crippen LogP contribution >= 0.6 is 0 Å². The van der Waals surface area contributed by atoms with Crippen LogP contribution in [-0.2, 0) is 9.53 Å². The van der Waals surface area contributed by atoms with E-state index in [1.807, 2.05) is 0 Å². The molecular formula is C8HF15O3. The molecule has 26 heavy (non-hydrogen) atoms. The Morgan fingerprint density at radius 2 is 0.923 bits per heavy atom. The van der Waals surface area contributed by atoms with Gasteiger partial charge in [0.1, 0.15) is 0 Å². The largest absolute Gasteiger partial charge is 0.483 e. The summed E-state index contributed by atoms with van der Waals surface area (Å²) in [4.78, 5) is 9.76. The Hall–Kier alpha value is -1.62. The van der Waals surface area contributed by atoms with Crippen molar-refractivity contribution in [3.05, 3.63) is 0 Å². The molecule has 0 radical (unpaired) electrons. The molecule has 0 rings (SSSR count). The third-order valence-electron chi connectivity index (χ3n) is 2.40. The number of carboxylic acid groups (broad SMARTS) is 1. The number of ether oxygens (including phenoxy) is 1. The summed E-state index contributed by atoms with van der Waals surface area (Å²) in [5, 5.41) is 7.61. The molecule has 3 nitrogen and oxygen atoms in total. The Labute approximate surface area is 130 Å². The summed E-state index contributed by atoms with van der Waals surface area (Å²) in [5.74, 6) is -35.7. The van der Waals surface area contributed by atoms with Crippen LogP contribution in [0.2, 0.25) is 0 Å². The number of alkyl halides is 15. The summed E-state index contributed by atoms with van der Waals surface area (Å²) >= 11 is 0. The topological polar surface area (TPSA) is 46.5 Å². The highest BCUT2D eigenvalue weighted by molar-refractivity contribution is 5.77. The predicted octanol–water partition coefficient (Wildman–Crippen LogP) is 4.38. The van der Waals surface area contributed by atoms with Crippen LogP contribution in [0.15, 0.2) is 0 Å². The molecule has 0 aromatic heterocycles. The molecule has 0 aromatic carbocycles. The zero-order valence-corrected chi connectivity index (χ0v) is 10.9. The van der Waals surface area contributed by atoms with E-state index >= 15 is 0 Å². The summed E-state index contributed by atoms with van der Waals surface area (Å²) < 4.78 is 188. The van der Waals surface area contributed by atoms with E-state index in [2.05, 4.69) is 0 Å². The van der Waals surface area contributed by atoms with Gasteiger partial charge in [-0.1, -0.05) is 0 Å². The summed E-state index contributed by atoms with van der Waals surface area (Å²) in [7, 11) is 0. The van der Waals surface area contributed by atoms with E-state index in [0.29, 0.717) is 0 Å². The molecule has 0 amide bonds. The molecular weight excluding hydrogens is 429 g/mol. The fourth-order valence-corrected chi connectivity index (χ4v) is 0.994. The maximum atomic E-state index is 12.9. The van der Waals surface area contributed by atoms with E-state index in [-0.39, 0.29) is 0 Å². The van der Waals surface area contributed by atoms with Crippen LogP contribution in [-0.4, -0.2) is 53.2 Å². The maximum Gasteiger partial charge on any atom is 0.483 e. The second-order valence-electron chi connectivity index (χ2n) is 4.24. The lowest BCUT2D eigenvalue weighted by Gasteiger charge is -2.38. The molecule has 0 fully saturated rings. The summed E-state index contributed by atoms with van der Waals surface area (Å²) in [5.41, 5.74) is 0. The molecule has 0 aliphatic carbocycles. The number of hydrogen-bond acceptors (Lipinski definition) is 2. The van der Waals surface area contributed by atoms with Gasteiger partial charge < -0.3 is 5.11 Å². The number of rotatable bonds is 7. The third kappa shape index (κ3) is 3.34. The van der Waals surface area contributed by atoms with Crippen LogP contribution in [0.25, 0.3) is 0 Å². The highest BCUT2D eigenvalue weighted by Gasteiger charge is 2.89. The third-order valence-corrected chi connectivity index (χ3v) is 2.40. The quantitative estimate of drug-likeness (QED) is 0.611. The number of aliphatic carboxylic acids is 1. The van der Waals surface area contributed by atoms with Crippen molar-refractivity contribution in [2.45, 2.75) is 42.1 Å². The van der Waals surface area contributed by atoms with Crippen LogP contribution in [0.3, 0.4) is 0 Å². The first-order chi connectivity index (χ1) is 10.9. The SMILES string of the molecule is O=C(O)C(F)(F)C(F)(F)C(F)(F)C(F)(F)C(F)(F)OC(F)(F)C(F)(F)F. The van der Waals surface area contributed by atoms with Crippen LogP contribution in [0.4, 0.5) is 65.9 Å². The Bertz CT molecular complexity index is 548. The molecule has 0 unspecified atom stereocenters. The van der Waals surface area contributed by atoms with Crippen LogP contribution in [0.5, 0.6) is 0 Å². The van der Waals surface area contributed by atoms with Crippen molar-refractivity contribution in [1.29, 1.82) is 0 Å². The van der Waals surface area contributed by atoms with Gasteiger partial charge >= 0.3 is 48.1 Å². The van der Waals surface area contributed by atoms with E-state index in [1.54, 1.807) is 0 Å². The normalized spacial score (nSPS) is 16.0. The first kappa shape index (κ1) is 24.4. The fourth-order valence-electron chi connectivity index (χ4n) is 0.994. The van der Waals surface area contributed by atoms with E-state index in [4.69, 9.17) is 5.11 Å². The van der Waals surface area contributed by atoms with E-state index in [9.17, 15) is 70.7 Å². The molecule has 18 heteroatoms. The second-order valence-corrected chi connectivity index (χ2v) is 4.24. The van der Waals surface area contributed by atoms with Gasteiger partial charge in [-0.05, 0) is 0 Å². The van der Waals surface area contributed by atoms with Gasteiger partial charge in [-0.2, -0.15) is 65.9 Å². The molecule has 1 N–H and O–H groups in total. The fraction of sp³-hybridized carbons (Fsp3) is 0.875. The van der Waals surface area contributed by atoms with Gasteiger partial charge in [-0.15, -0.1) is 0 Å². The lowest BCUT2D eigenvalue weighted by molar-refractivity contribution is -0.512. The Kier molecular flexibility index (Phi) is 5.58. The average Bonchev–Trinajstić information content (AvgIpc) is 2.34. The lowest BCUT2D eigenvalue weighted by Crippen LogP contribution is -2.70. The Balaban J connectivity index is 6.24. The van der Waals surface area contributed by atoms with E-state index in [1.165, 1.54) is 0 Å². The van der Waals surface area contributed by atoms with E-state index in [0.717, 1.165) is 4.74 Å². The molecule has 0 saturated heterocycles. The van der Waals surface area contributed by atoms with Crippen molar-refractivity contribution < 1.29 is 80.5 Å². The van der Waals surface area contributed by atoms with Crippen molar-refractivity contribution >= 4 is 5.97 Å². The first-order valence-corrected chi connectivity index (χ1v) is 5.17. The van der Waals surface area contributed by atoms with Crippen molar-refractivity contribution in [2.75, 3.05) is 0 Å². The number of halogens is 15. The van der Waals surface area contributed by atoms with Gasteiger partial charge in [0, 0.05) is 0 Å². The molecule has 0 aromatic rings. The predicted molar refractivity (Wildman–Crippen MR) is 44.5 cm³/mol. The van der Waals surface area contributed by atoms with Crippen LogP contribution in [0.1, 0.15) is 0 Å². The molecule has 0 spiro atoms. The molecule has 0 bridgehead atoms. The minimum absolute atomic E-state index is 1.16. The highest BCUT2D eigenvalue weighted by Crippen LogP contribution is 2.58. The Morgan fingerprint density at radius 1 is 0.577 bits per heavy atom. The first-order valence-electron chi connectivity index (χ1n) is 5.17. The minimum atomic E-state index is -8.19. The molecule has 0 atom stereocenters. The molecule has 0 aliphatic rings. The standard InChI is InChI=1S/C8HF15O3/c9-2(10,1(24)25)3(11,12)4(13,14)5(15,16)7(20,21)26-8(22,23)6(17,18)19/h(H,24,25). The highest BCUT2D eigenvalue weighted by atomic mass is 19.4. The molecule has 156 valence electrons. The molecule has 0 saturated carbocycles. The monoisotopic (exact) mass is 430 g/mol. The number of carboxylic acids is 1. The summed E-state index contributed by atoms with van der Waals surface area (Å²) in [6, 6.07) is 0. The van der Waals surface area contributed by atoms with Gasteiger partial charge in [0.05, 0.1) is 0 Å². The lowest BCUT2D eigenvalue weighted by atomic mass is 9.98. The molecule has 0 aliphatic heterocycles. The van der Waals surface area contributed by atoms with Gasteiger partial charge in [-0.3, -0.25) is 0 Å². The molecule has 0 heterocycles. The van der Waals surface area contributed by atoms with Gasteiger partial charge in [0.15, 0.2) is 0 Å². The van der Waals surface area contributed by atoms with Crippen molar-refractivity contribution in [3.8, 4) is 0 Å². The second kappa shape index (κ2) is 5.95. The smallest absolute Gasteiger partial charge is 0.477 e. The summed E-state index contributed by atoms with van der Waals surface area (Å²) in [6.07, 6.45) is -22.4. The van der Waals surface area contributed by atoms with Gasteiger partial charge in [-0.25, -0.2) is 9.53 Å². The van der Waals surface area contributed by atoms with Crippen molar-refractivity contribution in [2.24, 2.45) is 0 Å². The van der Waals surface area contributed by atoms with E-state index < -0.39 is 48.1 Å². The number of hydrogen-bond donors (Lipinski definition) is 1. The van der Waals surface area contributed by atoms with Crippen molar-refractivity contribution in [1.82, 2.24) is 0 Å². The van der Waals surface area contributed by atoms with Crippen LogP contribution < -0.4 is 0 Å². The van der Waals surface area contributed by atoms with Crippen LogP contribution in [0, 0.1) is 0 Å². The van der Waals surface area contributed by atoms with Crippen molar-refractivity contribution in [3.63, 3.8) is 0 Å². The maximum absolute atomic E-state index is 12.9. The Morgan fingerprint density at radius 3 is 1.19 bits per heavy atom.